The van der Waals surface area contributed by atoms with Crippen LogP contribution in [0.25, 0.3) is 0 Å². The average Bonchev–Trinajstić information content (AvgIpc) is 3.19. The van der Waals surface area contributed by atoms with E-state index in [4.69, 9.17) is 13.9 Å². The van der Waals surface area contributed by atoms with Crippen LogP contribution >= 0.6 is 0 Å². The number of aliphatic hydroxyl groups is 1. The Morgan fingerprint density at radius 2 is 2.07 bits per heavy atom. The number of fused-ring (bicyclic) bond motifs is 4. The first-order chi connectivity index (χ1) is 13.1. The minimum Gasteiger partial charge on any atom is -0.469 e. The molecule has 3 fully saturated rings. The van der Waals surface area contributed by atoms with Crippen molar-refractivity contribution in [2.75, 3.05) is 0 Å². The van der Waals surface area contributed by atoms with E-state index >= 15 is 0 Å². The van der Waals surface area contributed by atoms with Crippen LogP contribution in [0.15, 0.2) is 16.7 Å². The molecule has 28 heavy (non-hydrogen) atoms. The van der Waals surface area contributed by atoms with Crippen LogP contribution in [0, 0.1) is 22.7 Å². The highest BCUT2D eigenvalue weighted by molar-refractivity contribution is 5.82. The van der Waals surface area contributed by atoms with Crippen molar-refractivity contribution in [1.82, 2.24) is 0 Å². The minimum absolute atomic E-state index is 0.0326. The van der Waals surface area contributed by atoms with E-state index in [0.717, 1.165) is 17.7 Å². The number of hydrogen-bond acceptors (Lipinski definition) is 6. The Labute approximate surface area is 164 Å². The fourth-order valence-electron chi connectivity index (χ4n) is 7.13. The van der Waals surface area contributed by atoms with Gasteiger partial charge in [0.05, 0.1) is 17.8 Å². The molecule has 5 rings (SSSR count). The van der Waals surface area contributed by atoms with Crippen LogP contribution in [-0.4, -0.2) is 34.9 Å². The predicted octanol–water partition coefficient (Wildman–Crippen LogP) is 2.97. The molecule has 0 spiro atoms. The largest absolute Gasteiger partial charge is 0.469 e. The highest BCUT2D eigenvalue weighted by Crippen LogP contribution is 2.69. The Balaban J connectivity index is 1.70. The highest BCUT2D eigenvalue weighted by atomic mass is 16.6. The van der Waals surface area contributed by atoms with Gasteiger partial charge in [-0.05, 0) is 30.2 Å². The summed E-state index contributed by atoms with van der Waals surface area (Å²) in [6, 6.07) is 1.87. The highest BCUT2D eigenvalue weighted by Gasteiger charge is 2.74. The summed E-state index contributed by atoms with van der Waals surface area (Å²) < 4.78 is 17.4. The van der Waals surface area contributed by atoms with Crippen LogP contribution in [0.5, 0.6) is 0 Å². The minimum atomic E-state index is -1.12. The summed E-state index contributed by atoms with van der Waals surface area (Å²) in [4.78, 5) is 24.7. The molecule has 1 aliphatic heterocycles. The maximum Gasteiger partial charge on any atom is 0.314 e. The van der Waals surface area contributed by atoms with Crippen molar-refractivity contribution >= 4 is 11.9 Å². The Hall–Kier alpha value is -1.82. The van der Waals surface area contributed by atoms with Gasteiger partial charge in [-0.15, -0.1) is 0 Å². The second kappa shape index (κ2) is 5.41. The topological polar surface area (TPSA) is 86.0 Å². The molecule has 0 radical (unpaired) electrons. The summed E-state index contributed by atoms with van der Waals surface area (Å²) in [5.74, 6) is -0.235. The Morgan fingerprint density at radius 1 is 1.32 bits per heavy atom. The molecule has 0 unspecified atom stereocenters. The van der Waals surface area contributed by atoms with E-state index in [2.05, 4.69) is 20.8 Å². The molecule has 6 nitrogen and oxygen atoms in total. The lowest BCUT2D eigenvalue weighted by atomic mass is 9.40. The van der Waals surface area contributed by atoms with Crippen molar-refractivity contribution in [3.05, 3.63) is 23.7 Å². The lowest BCUT2D eigenvalue weighted by molar-refractivity contribution is -0.289. The van der Waals surface area contributed by atoms with E-state index in [-0.39, 0.29) is 35.8 Å². The van der Waals surface area contributed by atoms with Gasteiger partial charge in [-0.25, -0.2) is 0 Å². The third-order valence-electron chi connectivity index (χ3n) is 8.61. The summed E-state index contributed by atoms with van der Waals surface area (Å²) in [6.07, 6.45) is 3.34. The third kappa shape index (κ3) is 1.97. The first-order valence-electron chi connectivity index (χ1n) is 10.3. The fraction of sp³-hybridized carbons (Fsp3) is 0.727. The van der Waals surface area contributed by atoms with Gasteiger partial charge < -0.3 is 19.0 Å². The monoisotopic (exact) mass is 388 g/mol. The fourth-order valence-corrected chi connectivity index (χ4v) is 7.13. The van der Waals surface area contributed by atoms with E-state index in [1.807, 2.05) is 6.07 Å². The maximum absolute atomic E-state index is 12.8. The number of hydrogen-bond donors (Lipinski definition) is 1. The van der Waals surface area contributed by atoms with Crippen LogP contribution < -0.4 is 0 Å². The van der Waals surface area contributed by atoms with Crippen LogP contribution in [0.4, 0.5) is 0 Å². The van der Waals surface area contributed by atoms with Gasteiger partial charge in [-0.3, -0.25) is 9.59 Å². The van der Waals surface area contributed by atoms with Crippen molar-refractivity contribution in [3.8, 4) is 0 Å². The molecule has 0 aromatic carbocycles. The lowest BCUT2D eigenvalue weighted by Gasteiger charge is -2.67. The molecule has 0 bridgehead atoms. The van der Waals surface area contributed by atoms with Gasteiger partial charge in [0.25, 0.3) is 0 Å². The summed E-state index contributed by atoms with van der Waals surface area (Å²) in [7, 11) is 0. The Kier molecular flexibility index (Phi) is 3.52. The van der Waals surface area contributed by atoms with Crippen LogP contribution in [0.2, 0.25) is 0 Å². The number of ether oxygens (including phenoxy) is 2. The van der Waals surface area contributed by atoms with E-state index < -0.39 is 22.5 Å². The smallest absolute Gasteiger partial charge is 0.314 e. The quantitative estimate of drug-likeness (QED) is 0.745. The standard InChI is InChI=1S/C22H28O6/c1-11(23)27-16-5-7-20(2,3)22(25)10-15-18-13(21(16,22)4)9-14-12(6-8-26-14)17(18)19(24)28-15/h6,8,13,15-18,25H,5,7,9-10H2,1-4H3/t13-,15+,16+,17-,18+,21+,22+/m1/s1. The Bertz CT molecular complexity index is 855. The number of furan rings is 1. The Morgan fingerprint density at radius 3 is 2.79 bits per heavy atom. The second-order valence-electron chi connectivity index (χ2n) is 10.0. The zero-order chi connectivity index (χ0) is 20.1. The first kappa shape index (κ1) is 18.2. The van der Waals surface area contributed by atoms with Crippen molar-refractivity contribution in [2.24, 2.45) is 22.7 Å². The molecule has 0 amide bonds. The lowest BCUT2D eigenvalue weighted by Crippen LogP contribution is -2.73. The molecule has 1 aromatic heterocycles. The van der Waals surface area contributed by atoms with Gasteiger partial charge in [0, 0.05) is 36.7 Å². The normalized spacial score (nSPS) is 45.5. The average molecular weight is 388 g/mol. The number of rotatable bonds is 1. The maximum atomic E-state index is 12.8. The zero-order valence-electron chi connectivity index (χ0n) is 16.9. The van der Waals surface area contributed by atoms with Crippen LogP contribution in [0.1, 0.15) is 64.2 Å². The summed E-state index contributed by atoms with van der Waals surface area (Å²) in [5, 5.41) is 12.2. The van der Waals surface area contributed by atoms with E-state index in [9.17, 15) is 14.7 Å². The van der Waals surface area contributed by atoms with Gasteiger partial charge >= 0.3 is 11.9 Å². The molecule has 152 valence electrons. The van der Waals surface area contributed by atoms with Crippen LogP contribution in [0.3, 0.4) is 0 Å². The summed E-state index contributed by atoms with van der Waals surface area (Å²) >= 11 is 0. The van der Waals surface area contributed by atoms with Gasteiger partial charge in [-0.2, -0.15) is 0 Å². The zero-order valence-corrected chi connectivity index (χ0v) is 16.9. The molecule has 1 saturated heterocycles. The summed E-state index contributed by atoms with van der Waals surface area (Å²) in [5.41, 5.74) is -1.29. The molecule has 3 aliphatic carbocycles. The van der Waals surface area contributed by atoms with Crippen molar-refractivity contribution < 1.29 is 28.6 Å². The molecule has 1 aromatic rings. The SMILES string of the molecule is CC(=O)O[C@H]1CCC(C)(C)[C@@]2(O)C[C@@H]3OC(=O)[C@@H]4c5ccoc5C[C@H]([C@@H]34)[C@@]12C. The molecule has 6 heteroatoms. The van der Waals surface area contributed by atoms with Gasteiger partial charge in [-0.1, -0.05) is 20.8 Å². The van der Waals surface area contributed by atoms with Crippen LogP contribution in [-0.2, 0) is 25.5 Å². The van der Waals surface area contributed by atoms with E-state index in [1.54, 1.807) is 6.26 Å². The number of esters is 2. The van der Waals surface area contributed by atoms with E-state index in [0.29, 0.717) is 19.3 Å². The third-order valence-corrected chi connectivity index (χ3v) is 8.61. The van der Waals surface area contributed by atoms with Crippen molar-refractivity contribution in [3.63, 3.8) is 0 Å². The van der Waals surface area contributed by atoms with Gasteiger partial charge in [0.15, 0.2) is 0 Å². The first-order valence-corrected chi connectivity index (χ1v) is 10.3. The molecule has 1 N–H and O–H groups in total. The van der Waals surface area contributed by atoms with Crippen molar-refractivity contribution in [1.29, 1.82) is 0 Å². The molecule has 2 heterocycles. The molecular formula is C22H28O6. The number of carbonyl (C=O) groups is 2. The predicted molar refractivity (Wildman–Crippen MR) is 98.3 cm³/mol. The van der Waals surface area contributed by atoms with Crippen molar-refractivity contribution in [2.45, 2.75) is 77.1 Å². The molecule has 4 aliphatic rings. The van der Waals surface area contributed by atoms with Gasteiger partial charge in [0.1, 0.15) is 18.0 Å². The molecular weight excluding hydrogens is 360 g/mol. The second-order valence-corrected chi connectivity index (χ2v) is 10.0. The number of carbonyl (C=O) groups excluding carboxylic acids is 2. The summed E-state index contributed by atoms with van der Waals surface area (Å²) in [6.45, 7) is 7.62. The molecule has 2 saturated carbocycles. The van der Waals surface area contributed by atoms with E-state index in [1.165, 1.54) is 6.92 Å². The van der Waals surface area contributed by atoms with Gasteiger partial charge in [0.2, 0.25) is 0 Å². The molecule has 7 atom stereocenters.